The van der Waals surface area contributed by atoms with Crippen LogP contribution in [-0.2, 0) is 0 Å². The van der Waals surface area contributed by atoms with Gasteiger partial charge in [-0.1, -0.05) is 31.5 Å². The number of benzene rings is 1. The molecule has 4 heteroatoms. The lowest BCUT2D eigenvalue weighted by Crippen LogP contribution is -2.31. The molecule has 0 aliphatic rings. The number of halogens is 2. The highest BCUT2D eigenvalue weighted by Gasteiger charge is 2.12. The largest absolute Gasteiger partial charge is 0.351 e. The lowest BCUT2D eigenvalue weighted by molar-refractivity contribution is 0.0952. The van der Waals surface area contributed by atoms with Gasteiger partial charge in [-0.05, 0) is 24.1 Å². The highest BCUT2D eigenvalue weighted by molar-refractivity contribution is 6.31. The lowest BCUT2D eigenvalue weighted by atomic mass is 10.1. The Morgan fingerprint density at radius 2 is 2.12 bits per heavy atom. The molecule has 0 saturated carbocycles. The maximum atomic E-state index is 11.7. The van der Waals surface area contributed by atoms with Crippen molar-refractivity contribution in [3.8, 4) is 0 Å². The zero-order valence-electron chi connectivity index (χ0n) is 9.34. The number of hydrogen-bond acceptors (Lipinski definition) is 1. The molecular weight excluding hydrogens is 245 g/mol. The van der Waals surface area contributed by atoms with Crippen molar-refractivity contribution in [3.63, 3.8) is 0 Å². The fourth-order valence-corrected chi connectivity index (χ4v) is 1.43. The van der Waals surface area contributed by atoms with E-state index in [1.807, 2.05) is 13.8 Å². The van der Waals surface area contributed by atoms with Crippen LogP contribution in [0, 0.1) is 5.92 Å². The van der Waals surface area contributed by atoms with Crippen LogP contribution in [0.25, 0.3) is 0 Å². The van der Waals surface area contributed by atoms with E-state index >= 15 is 0 Å². The molecule has 0 aromatic heterocycles. The molecule has 1 amide bonds. The average molecular weight is 260 g/mol. The second-order valence-electron chi connectivity index (χ2n) is 3.98. The van der Waals surface area contributed by atoms with Gasteiger partial charge < -0.3 is 5.32 Å². The van der Waals surface area contributed by atoms with Gasteiger partial charge in [-0.25, -0.2) is 0 Å². The van der Waals surface area contributed by atoms with E-state index in [0.717, 1.165) is 0 Å². The topological polar surface area (TPSA) is 29.1 Å². The zero-order valence-corrected chi connectivity index (χ0v) is 10.8. The fraction of sp³-hybridized carbons (Fsp3) is 0.417. The molecule has 1 aromatic carbocycles. The molecular formula is C12H15Cl2NO. The van der Waals surface area contributed by atoms with Gasteiger partial charge in [-0.15, -0.1) is 11.6 Å². The molecule has 16 heavy (non-hydrogen) atoms. The monoisotopic (exact) mass is 259 g/mol. The summed E-state index contributed by atoms with van der Waals surface area (Å²) in [4.78, 5) is 11.7. The predicted octanol–water partition coefficient (Wildman–Crippen LogP) is 3.33. The van der Waals surface area contributed by atoms with Gasteiger partial charge in [0.1, 0.15) is 0 Å². The van der Waals surface area contributed by atoms with Gasteiger partial charge in [-0.3, -0.25) is 4.79 Å². The predicted molar refractivity (Wildman–Crippen MR) is 68.3 cm³/mol. The number of hydrogen-bond donors (Lipinski definition) is 1. The molecule has 1 atom stereocenters. The first-order chi connectivity index (χ1) is 7.50. The van der Waals surface area contributed by atoms with Gasteiger partial charge in [0.15, 0.2) is 0 Å². The summed E-state index contributed by atoms with van der Waals surface area (Å²) in [5.41, 5.74) is 0.556. The summed E-state index contributed by atoms with van der Waals surface area (Å²) in [7, 11) is 0. The first-order valence-electron chi connectivity index (χ1n) is 5.18. The summed E-state index contributed by atoms with van der Waals surface area (Å²) in [6.45, 7) is 4.50. The van der Waals surface area contributed by atoms with Gasteiger partial charge in [0.25, 0.3) is 5.91 Å². The summed E-state index contributed by atoms with van der Waals surface area (Å²) in [6.07, 6.45) is 0. The molecule has 0 heterocycles. The third-order valence-electron chi connectivity index (χ3n) is 2.27. The Balaban J connectivity index is 2.53. The van der Waals surface area contributed by atoms with E-state index in [0.29, 0.717) is 23.0 Å². The van der Waals surface area contributed by atoms with Gasteiger partial charge >= 0.3 is 0 Å². The maximum absolute atomic E-state index is 11.7. The number of nitrogens with one attached hydrogen (secondary N) is 1. The van der Waals surface area contributed by atoms with Gasteiger partial charge in [-0.2, -0.15) is 0 Å². The van der Waals surface area contributed by atoms with Crippen LogP contribution in [-0.4, -0.2) is 17.8 Å². The van der Waals surface area contributed by atoms with Crippen LogP contribution in [0.4, 0.5) is 0 Å². The third-order valence-corrected chi connectivity index (χ3v) is 3.16. The summed E-state index contributed by atoms with van der Waals surface area (Å²) in [5, 5.41) is 3.28. The Morgan fingerprint density at radius 1 is 1.44 bits per heavy atom. The molecule has 2 nitrogen and oxygen atoms in total. The molecule has 0 spiro atoms. The van der Waals surface area contributed by atoms with Crippen molar-refractivity contribution in [2.45, 2.75) is 19.2 Å². The Kier molecular flexibility index (Phi) is 5.10. The van der Waals surface area contributed by atoms with Crippen molar-refractivity contribution in [2.75, 3.05) is 6.54 Å². The van der Waals surface area contributed by atoms with E-state index in [9.17, 15) is 4.79 Å². The van der Waals surface area contributed by atoms with Gasteiger partial charge in [0.05, 0.1) is 5.38 Å². The van der Waals surface area contributed by atoms with E-state index < -0.39 is 0 Å². The lowest BCUT2D eigenvalue weighted by Gasteiger charge is -2.14. The molecule has 0 radical (unpaired) electrons. The molecule has 1 aromatic rings. The summed E-state index contributed by atoms with van der Waals surface area (Å²) >= 11 is 11.8. The highest BCUT2D eigenvalue weighted by atomic mass is 35.5. The van der Waals surface area contributed by atoms with Crippen LogP contribution >= 0.6 is 23.2 Å². The van der Waals surface area contributed by atoms with Crippen molar-refractivity contribution in [2.24, 2.45) is 5.92 Å². The van der Waals surface area contributed by atoms with E-state index in [4.69, 9.17) is 23.2 Å². The summed E-state index contributed by atoms with van der Waals surface area (Å²) < 4.78 is 0. The average Bonchev–Trinajstić information content (AvgIpc) is 2.25. The van der Waals surface area contributed by atoms with E-state index in [1.54, 1.807) is 24.3 Å². The van der Waals surface area contributed by atoms with Crippen molar-refractivity contribution >= 4 is 29.1 Å². The molecule has 0 fully saturated rings. The number of carbonyl (C=O) groups excluding carboxylic acids is 1. The second-order valence-corrected chi connectivity index (χ2v) is 4.98. The standard InChI is InChI=1S/C12H15Cl2NO/c1-8(2)11(14)7-15-12(16)9-4-3-5-10(13)6-9/h3-6,8,11H,7H2,1-2H3,(H,15,16). The van der Waals surface area contributed by atoms with E-state index in [-0.39, 0.29) is 11.3 Å². The third kappa shape index (κ3) is 4.03. The Bertz CT molecular complexity index is 366. The smallest absolute Gasteiger partial charge is 0.251 e. The molecule has 1 unspecified atom stereocenters. The van der Waals surface area contributed by atoms with Crippen LogP contribution in [0.1, 0.15) is 24.2 Å². The molecule has 1 rings (SSSR count). The van der Waals surface area contributed by atoms with Crippen LogP contribution in [0.5, 0.6) is 0 Å². The Hall–Kier alpha value is -0.730. The molecule has 0 aliphatic heterocycles. The second kappa shape index (κ2) is 6.12. The first kappa shape index (κ1) is 13.3. The Morgan fingerprint density at radius 3 is 2.69 bits per heavy atom. The SMILES string of the molecule is CC(C)C(Cl)CNC(=O)c1cccc(Cl)c1. The highest BCUT2D eigenvalue weighted by Crippen LogP contribution is 2.11. The molecule has 0 aliphatic carbocycles. The van der Waals surface area contributed by atoms with Crippen molar-refractivity contribution < 1.29 is 4.79 Å². The fourth-order valence-electron chi connectivity index (χ4n) is 1.16. The summed E-state index contributed by atoms with van der Waals surface area (Å²) in [6, 6.07) is 6.84. The first-order valence-corrected chi connectivity index (χ1v) is 6.00. The quantitative estimate of drug-likeness (QED) is 0.826. The van der Waals surface area contributed by atoms with E-state index in [1.165, 1.54) is 0 Å². The van der Waals surface area contributed by atoms with Crippen LogP contribution in [0.15, 0.2) is 24.3 Å². The number of amides is 1. The Labute approximate surface area is 106 Å². The molecule has 88 valence electrons. The van der Waals surface area contributed by atoms with Gasteiger partial charge in [0, 0.05) is 17.1 Å². The van der Waals surface area contributed by atoms with Crippen LogP contribution in [0.3, 0.4) is 0 Å². The van der Waals surface area contributed by atoms with E-state index in [2.05, 4.69) is 5.32 Å². The minimum Gasteiger partial charge on any atom is -0.351 e. The number of carbonyl (C=O) groups is 1. The van der Waals surface area contributed by atoms with Crippen molar-refractivity contribution in [1.29, 1.82) is 0 Å². The number of alkyl halides is 1. The normalized spacial score (nSPS) is 12.6. The molecule has 0 saturated heterocycles. The zero-order chi connectivity index (χ0) is 12.1. The van der Waals surface area contributed by atoms with Crippen molar-refractivity contribution in [3.05, 3.63) is 34.9 Å². The minimum absolute atomic E-state index is 0.0527. The van der Waals surface area contributed by atoms with Crippen molar-refractivity contribution in [1.82, 2.24) is 5.32 Å². The van der Waals surface area contributed by atoms with Gasteiger partial charge in [0.2, 0.25) is 0 Å². The molecule has 0 bridgehead atoms. The molecule has 1 N–H and O–H groups in total. The summed E-state index contributed by atoms with van der Waals surface area (Å²) in [5.74, 6) is 0.190. The minimum atomic E-state index is -0.145. The maximum Gasteiger partial charge on any atom is 0.251 e. The van der Waals surface area contributed by atoms with Crippen LogP contribution < -0.4 is 5.32 Å². The number of rotatable bonds is 4. The van der Waals surface area contributed by atoms with Crippen LogP contribution in [0.2, 0.25) is 5.02 Å².